The van der Waals surface area contributed by atoms with Gasteiger partial charge >= 0.3 is 0 Å². The van der Waals surface area contributed by atoms with Crippen LogP contribution in [0.15, 0.2) is 120 Å². The van der Waals surface area contributed by atoms with Crippen LogP contribution in [-0.4, -0.2) is 18.0 Å². The summed E-state index contributed by atoms with van der Waals surface area (Å²) in [5, 5.41) is 3.67. The van der Waals surface area contributed by atoms with Crippen molar-refractivity contribution >= 4 is 35.2 Å². The van der Waals surface area contributed by atoms with Gasteiger partial charge in [-0.05, 0) is 65.5 Å². The van der Waals surface area contributed by atoms with Crippen LogP contribution in [0, 0.1) is 19.1 Å². The molecule has 48 heavy (non-hydrogen) atoms. The Bertz CT molecular complexity index is 2110. The molecule has 0 fully saturated rings. The first-order valence-electron chi connectivity index (χ1n) is 16.6. The molecule has 7 aromatic rings. The van der Waals surface area contributed by atoms with Crippen molar-refractivity contribution in [2.24, 2.45) is 0 Å². The smallest absolute Gasteiger partial charge is 0.121 e. The van der Waals surface area contributed by atoms with E-state index < -0.39 is 8.07 Å². The van der Waals surface area contributed by atoms with Gasteiger partial charge in [0.15, 0.2) is 0 Å². The molecule has 1 radical (unpaired) electrons. The Balaban J connectivity index is 0.000000214. The molecule has 0 aliphatic carbocycles. The van der Waals surface area contributed by atoms with Gasteiger partial charge in [0.25, 0.3) is 0 Å². The van der Waals surface area contributed by atoms with E-state index in [2.05, 4.69) is 142 Å². The number of hydrogen-bond acceptors (Lipinski definition) is 3. The summed E-state index contributed by atoms with van der Waals surface area (Å²) in [6, 6.07) is 42.0. The molecule has 0 aliphatic heterocycles. The fourth-order valence-electron chi connectivity index (χ4n) is 6.38. The minimum absolute atomic E-state index is 0. The van der Waals surface area contributed by atoms with Crippen LogP contribution < -0.4 is 5.19 Å². The van der Waals surface area contributed by atoms with Crippen molar-refractivity contribution in [1.29, 1.82) is 0 Å². The quantitative estimate of drug-likeness (QED) is 0.119. The molecular weight excluding hydrogens is 781 g/mol. The summed E-state index contributed by atoms with van der Waals surface area (Å²) < 4.78 is 6.38. The molecule has 5 heteroatoms. The van der Waals surface area contributed by atoms with Crippen molar-refractivity contribution in [2.45, 2.75) is 59.2 Å². The first-order valence-corrected chi connectivity index (χ1v) is 20.1. The third kappa shape index (κ3) is 7.60. The first-order chi connectivity index (χ1) is 22.8. The van der Waals surface area contributed by atoms with Gasteiger partial charge < -0.3 is 14.4 Å². The zero-order chi connectivity index (χ0) is 33.0. The molecule has 0 N–H and O–H groups in total. The number of furan rings is 1. The SMILES string of the molecule is CCC(CC)c1ccnc(-c2[c-]ccc3c2oc2cc(-c4ccccc4)ccc23)c1.Cc1cc(-c2[c-]cccc2)ncc1[Si](C)(C)C.[Ir]. The second kappa shape index (κ2) is 15.4. The molecular formula is C43H42IrN2OSi-2. The summed E-state index contributed by atoms with van der Waals surface area (Å²) in [5.41, 5.74) is 10.7. The van der Waals surface area contributed by atoms with Gasteiger partial charge in [-0.3, -0.25) is 0 Å². The van der Waals surface area contributed by atoms with Gasteiger partial charge in [-0.15, -0.1) is 54.1 Å². The molecule has 7 rings (SSSR count). The van der Waals surface area contributed by atoms with Crippen LogP contribution in [-0.2, 0) is 20.1 Å². The Kier molecular flexibility index (Phi) is 11.3. The second-order valence-corrected chi connectivity index (χ2v) is 18.2. The second-order valence-electron chi connectivity index (χ2n) is 13.2. The molecule has 4 aromatic carbocycles. The van der Waals surface area contributed by atoms with Crippen LogP contribution in [0.5, 0.6) is 0 Å². The predicted molar refractivity (Wildman–Crippen MR) is 201 cm³/mol. The van der Waals surface area contributed by atoms with E-state index in [1.807, 2.05) is 36.5 Å². The molecule has 0 bridgehead atoms. The minimum Gasteiger partial charge on any atom is -0.501 e. The van der Waals surface area contributed by atoms with E-state index in [9.17, 15) is 0 Å². The van der Waals surface area contributed by atoms with Gasteiger partial charge in [-0.1, -0.05) is 110 Å². The molecule has 0 saturated heterocycles. The number of pyridine rings is 2. The molecule has 245 valence electrons. The maximum absolute atomic E-state index is 6.38. The van der Waals surface area contributed by atoms with Crippen LogP contribution in [0.4, 0.5) is 0 Å². The van der Waals surface area contributed by atoms with Gasteiger partial charge in [-0.25, -0.2) is 0 Å². The fourth-order valence-corrected chi connectivity index (χ4v) is 8.09. The van der Waals surface area contributed by atoms with Gasteiger partial charge in [0.05, 0.1) is 13.7 Å². The molecule has 3 heterocycles. The molecule has 0 aliphatic rings. The summed E-state index contributed by atoms with van der Waals surface area (Å²) >= 11 is 0. The van der Waals surface area contributed by atoms with Crippen molar-refractivity contribution < 1.29 is 24.5 Å². The van der Waals surface area contributed by atoms with Crippen molar-refractivity contribution in [2.75, 3.05) is 0 Å². The van der Waals surface area contributed by atoms with E-state index in [4.69, 9.17) is 4.42 Å². The zero-order valence-corrected chi connectivity index (χ0v) is 32.0. The molecule has 0 atom stereocenters. The molecule has 3 nitrogen and oxygen atoms in total. The topological polar surface area (TPSA) is 38.9 Å². The first kappa shape index (κ1) is 35.2. The van der Waals surface area contributed by atoms with Gasteiger partial charge in [-0.2, -0.15) is 0 Å². The van der Waals surface area contributed by atoms with E-state index in [0.29, 0.717) is 5.92 Å². The van der Waals surface area contributed by atoms with Crippen LogP contribution in [0.25, 0.3) is 55.6 Å². The predicted octanol–water partition coefficient (Wildman–Crippen LogP) is 11.4. The zero-order valence-electron chi connectivity index (χ0n) is 28.6. The van der Waals surface area contributed by atoms with Crippen molar-refractivity contribution in [3.63, 3.8) is 0 Å². The number of rotatable bonds is 7. The summed E-state index contributed by atoms with van der Waals surface area (Å²) in [4.78, 5) is 9.23. The van der Waals surface area contributed by atoms with E-state index in [1.54, 1.807) is 0 Å². The maximum atomic E-state index is 6.38. The van der Waals surface area contributed by atoms with E-state index in [1.165, 1.54) is 21.9 Å². The Hall–Kier alpha value is -4.15. The molecule has 0 amide bonds. The molecule has 3 aromatic heterocycles. The Morgan fingerprint density at radius 3 is 2.19 bits per heavy atom. The van der Waals surface area contributed by atoms with Gasteiger partial charge in [0.1, 0.15) is 5.58 Å². The fraction of sp³-hybridized carbons (Fsp3) is 0.209. The summed E-state index contributed by atoms with van der Waals surface area (Å²) in [5.74, 6) is 0.551. The largest absolute Gasteiger partial charge is 0.501 e. The molecule has 0 spiro atoms. The van der Waals surface area contributed by atoms with Gasteiger partial charge in [0.2, 0.25) is 0 Å². The van der Waals surface area contributed by atoms with Crippen molar-refractivity contribution in [3.05, 3.63) is 139 Å². The number of aromatic nitrogens is 2. The van der Waals surface area contributed by atoms with Crippen LogP contribution in [0.3, 0.4) is 0 Å². The van der Waals surface area contributed by atoms with E-state index >= 15 is 0 Å². The summed E-state index contributed by atoms with van der Waals surface area (Å²) in [7, 11) is -1.27. The summed E-state index contributed by atoms with van der Waals surface area (Å²) in [6.45, 7) is 13.7. The number of nitrogens with zero attached hydrogens (tertiary/aromatic N) is 2. The third-order valence-corrected chi connectivity index (χ3v) is 11.1. The van der Waals surface area contributed by atoms with E-state index in [0.717, 1.165) is 62.9 Å². The van der Waals surface area contributed by atoms with Crippen molar-refractivity contribution in [3.8, 4) is 33.6 Å². The molecule has 0 unspecified atom stereocenters. The number of benzene rings is 4. The van der Waals surface area contributed by atoms with E-state index in [-0.39, 0.29) is 20.1 Å². The minimum atomic E-state index is -1.27. The Labute approximate surface area is 299 Å². The van der Waals surface area contributed by atoms with Crippen LogP contribution in [0.1, 0.15) is 43.7 Å². The maximum Gasteiger partial charge on any atom is 0.121 e. The average molecular weight is 823 g/mol. The third-order valence-electron chi connectivity index (χ3n) is 8.94. The normalized spacial score (nSPS) is 11.3. The standard InChI is InChI=1S/C28H24NO.C15H18NSi.Ir/c1-3-19(4-2)22-15-16-29-26(17-22)25-12-8-11-24-23-14-13-21(18-27(23)30-28(24)25)20-9-6-5-7-10-20;1-12-10-14(13-8-6-5-7-9-13)16-11-15(12)17(2,3)4;/h5-11,13-19H,3-4H2,1-2H3;5-8,10-11H,1-4H3;/q2*-1;. The van der Waals surface area contributed by atoms with Crippen LogP contribution in [0.2, 0.25) is 19.6 Å². The van der Waals surface area contributed by atoms with Gasteiger partial charge in [0, 0.05) is 37.9 Å². The number of hydrogen-bond donors (Lipinski definition) is 0. The average Bonchev–Trinajstić information content (AvgIpc) is 3.48. The molecule has 0 saturated carbocycles. The monoisotopic (exact) mass is 823 g/mol. The Morgan fingerprint density at radius 1 is 0.729 bits per heavy atom. The van der Waals surface area contributed by atoms with Crippen LogP contribution >= 0.6 is 0 Å². The summed E-state index contributed by atoms with van der Waals surface area (Å²) in [6.07, 6.45) is 6.21. The number of fused-ring (bicyclic) bond motifs is 3. The Morgan fingerprint density at radius 2 is 1.50 bits per heavy atom. The van der Waals surface area contributed by atoms with Crippen molar-refractivity contribution in [1.82, 2.24) is 9.97 Å². The number of aryl methyl sites for hydroxylation is 1.